The van der Waals surface area contributed by atoms with Crippen LogP contribution in [0.3, 0.4) is 0 Å². The van der Waals surface area contributed by atoms with E-state index in [1.165, 1.54) is 32.1 Å². The zero-order valence-electron chi connectivity index (χ0n) is 16.3. The van der Waals surface area contributed by atoms with Gasteiger partial charge >= 0.3 is 0 Å². The van der Waals surface area contributed by atoms with Crippen molar-refractivity contribution >= 4 is 22.9 Å². The van der Waals surface area contributed by atoms with E-state index in [2.05, 4.69) is 9.88 Å². The van der Waals surface area contributed by atoms with E-state index in [0.717, 1.165) is 35.9 Å². The van der Waals surface area contributed by atoms with E-state index in [1.54, 1.807) is 13.8 Å². The number of nitrogens with one attached hydrogen (secondary N) is 1. The Kier molecular flexibility index (Phi) is 3.71. The largest absolute Gasteiger partial charge is 0.386 e. The predicted molar refractivity (Wildman–Crippen MR) is 106 cm³/mol. The molecule has 1 aromatic carbocycles. The molecule has 3 aliphatic rings. The maximum Gasteiger partial charge on any atom is 0.230 e. The van der Waals surface area contributed by atoms with Crippen LogP contribution in [0.25, 0.3) is 11.0 Å². The minimum atomic E-state index is -0.894. The Labute approximate surface area is 160 Å². The van der Waals surface area contributed by atoms with Gasteiger partial charge in [0.15, 0.2) is 0 Å². The fourth-order valence-corrected chi connectivity index (χ4v) is 5.12. The third-order valence-corrected chi connectivity index (χ3v) is 7.18. The van der Waals surface area contributed by atoms with Gasteiger partial charge in [-0.15, -0.1) is 0 Å². The van der Waals surface area contributed by atoms with Crippen molar-refractivity contribution in [2.75, 3.05) is 5.32 Å². The summed E-state index contributed by atoms with van der Waals surface area (Å²) >= 11 is 0. The molecule has 2 aromatic rings. The number of anilines is 1. The molecule has 1 atom stereocenters. The molecule has 5 heteroatoms. The van der Waals surface area contributed by atoms with Crippen LogP contribution in [0.1, 0.15) is 76.8 Å². The molecule has 1 aromatic heterocycles. The molecule has 0 saturated heterocycles. The van der Waals surface area contributed by atoms with Crippen molar-refractivity contribution in [3.05, 3.63) is 23.8 Å². The highest BCUT2D eigenvalue weighted by Crippen LogP contribution is 2.63. The van der Waals surface area contributed by atoms with Gasteiger partial charge in [-0.25, -0.2) is 4.98 Å². The number of aromatic nitrogens is 2. The molecule has 0 radical (unpaired) electrons. The first-order chi connectivity index (χ1) is 12.9. The summed E-state index contributed by atoms with van der Waals surface area (Å²) in [6.45, 7) is 3.60. The molecule has 144 valence electrons. The first-order valence-corrected chi connectivity index (χ1v) is 10.4. The van der Waals surface area contributed by atoms with Crippen LogP contribution in [0.2, 0.25) is 0 Å². The van der Waals surface area contributed by atoms with Crippen LogP contribution >= 0.6 is 0 Å². The first-order valence-electron chi connectivity index (χ1n) is 10.4. The van der Waals surface area contributed by atoms with E-state index >= 15 is 0 Å². The predicted octanol–water partition coefficient (Wildman–Crippen LogP) is 4.51. The van der Waals surface area contributed by atoms with Crippen LogP contribution in [-0.4, -0.2) is 20.6 Å². The number of hydrogen-bond donors (Lipinski definition) is 2. The molecule has 3 saturated carbocycles. The Morgan fingerprint density at radius 3 is 2.63 bits per heavy atom. The second kappa shape index (κ2) is 5.81. The second-order valence-corrected chi connectivity index (χ2v) is 9.47. The van der Waals surface area contributed by atoms with Gasteiger partial charge in [0.1, 0.15) is 0 Å². The molecule has 0 aliphatic heterocycles. The monoisotopic (exact) mass is 367 g/mol. The number of hydrogen-bond acceptors (Lipinski definition) is 3. The topological polar surface area (TPSA) is 67.2 Å². The molecule has 3 fully saturated rings. The fourth-order valence-electron chi connectivity index (χ4n) is 5.12. The molecule has 1 heterocycles. The molecule has 27 heavy (non-hydrogen) atoms. The molecule has 2 N–H and O–H groups in total. The van der Waals surface area contributed by atoms with Gasteiger partial charge < -0.3 is 9.67 Å². The number of carbonyl (C=O) groups is 1. The fraction of sp³-hybridized carbons (Fsp3) is 0.636. The maximum atomic E-state index is 12.9. The highest BCUT2D eigenvalue weighted by atomic mass is 16.3. The number of fused-ring (bicyclic) bond motifs is 1. The molecular formula is C22H29N3O2. The Morgan fingerprint density at radius 2 is 2.00 bits per heavy atom. The Bertz CT molecular complexity index is 898. The molecule has 5 nitrogen and oxygen atoms in total. The number of nitrogens with zero attached hydrogens (tertiary/aromatic N) is 2. The van der Waals surface area contributed by atoms with Crippen molar-refractivity contribution in [3.63, 3.8) is 0 Å². The van der Waals surface area contributed by atoms with Gasteiger partial charge in [0.05, 0.1) is 16.6 Å². The van der Waals surface area contributed by atoms with E-state index < -0.39 is 5.60 Å². The lowest BCUT2D eigenvalue weighted by Crippen LogP contribution is -2.24. The van der Waals surface area contributed by atoms with Gasteiger partial charge in [0.25, 0.3) is 0 Å². The summed E-state index contributed by atoms with van der Waals surface area (Å²) in [6.07, 6.45) is 9.45. The molecule has 1 amide bonds. The number of amides is 1. The van der Waals surface area contributed by atoms with Crippen molar-refractivity contribution in [2.24, 2.45) is 11.3 Å². The zero-order valence-corrected chi connectivity index (χ0v) is 16.3. The maximum absolute atomic E-state index is 12.9. The number of benzene rings is 1. The molecular weight excluding hydrogens is 338 g/mol. The standard InChI is InChI=1S/C22H29N3O2/c1-21(2,27)14-8-9-17-18(12-14)25(15-6-5-7-15)20(23-17)24-19(26)16-13-22(16)10-3-4-11-22/h8-9,12,15-16,27H,3-7,10-11,13H2,1-2H3,(H,23,24,26). The summed E-state index contributed by atoms with van der Waals surface area (Å²) in [5, 5.41) is 13.6. The van der Waals surface area contributed by atoms with Crippen molar-refractivity contribution in [3.8, 4) is 0 Å². The van der Waals surface area contributed by atoms with E-state index in [0.29, 0.717) is 17.4 Å². The summed E-state index contributed by atoms with van der Waals surface area (Å²) in [6, 6.07) is 6.32. The van der Waals surface area contributed by atoms with Crippen molar-refractivity contribution < 1.29 is 9.90 Å². The zero-order chi connectivity index (χ0) is 18.8. The Morgan fingerprint density at radius 1 is 1.26 bits per heavy atom. The number of imidazole rings is 1. The van der Waals surface area contributed by atoms with Gasteiger partial charge in [-0.3, -0.25) is 10.1 Å². The van der Waals surface area contributed by atoms with E-state index in [9.17, 15) is 9.90 Å². The third-order valence-electron chi connectivity index (χ3n) is 7.18. The van der Waals surface area contributed by atoms with Crippen LogP contribution in [0, 0.1) is 11.3 Å². The average molecular weight is 367 g/mol. The number of rotatable bonds is 4. The van der Waals surface area contributed by atoms with Gasteiger partial charge in [-0.1, -0.05) is 18.9 Å². The number of aliphatic hydroxyl groups is 1. The summed E-state index contributed by atoms with van der Waals surface area (Å²) in [4.78, 5) is 17.7. The lowest BCUT2D eigenvalue weighted by atomic mass is 9.92. The second-order valence-electron chi connectivity index (χ2n) is 9.47. The Hall–Kier alpha value is -1.88. The van der Waals surface area contributed by atoms with Crippen molar-refractivity contribution in [1.82, 2.24) is 9.55 Å². The molecule has 5 rings (SSSR count). The summed E-state index contributed by atoms with van der Waals surface area (Å²) in [5.41, 5.74) is 2.18. The summed E-state index contributed by atoms with van der Waals surface area (Å²) in [7, 11) is 0. The van der Waals surface area contributed by atoms with Crippen LogP contribution in [-0.2, 0) is 10.4 Å². The minimum absolute atomic E-state index is 0.149. The third kappa shape index (κ3) is 2.78. The van der Waals surface area contributed by atoms with Crippen LogP contribution in [0.5, 0.6) is 0 Å². The number of carbonyl (C=O) groups excluding carboxylic acids is 1. The van der Waals surface area contributed by atoms with Gasteiger partial charge in [0, 0.05) is 12.0 Å². The van der Waals surface area contributed by atoms with E-state index in [-0.39, 0.29) is 11.8 Å². The summed E-state index contributed by atoms with van der Waals surface area (Å²) < 4.78 is 2.20. The normalized spacial score (nSPS) is 24.3. The van der Waals surface area contributed by atoms with Gasteiger partial charge in [-0.05, 0) is 75.5 Å². The quantitative estimate of drug-likeness (QED) is 0.836. The average Bonchev–Trinajstić information content (AvgIpc) is 2.89. The highest BCUT2D eigenvalue weighted by Gasteiger charge is 2.58. The molecule has 1 unspecified atom stereocenters. The first kappa shape index (κ1) is 17.2. The SMILES string of the molecule is CC(C)(O)c1ccc2nc(NC(=O)C3CC34CCCC4)n(C3CCC3)c2c1. The minimum Gasteiger partial charge on any atom is -0.386 e. The van der Waals surface area contributed by atoms with Gasteiger partial charge in [-0.2, -0.15) is 0 Å². The Balaban J connectivity index is 1.49. The highest BCUT2D eigenvalue weighted by molar-refractivity contribution is 5.95. The van der Waals surface area contributed by atoms with Crippen molar-refractivity contribution in [2.45, 2.75) is 76.9 Å². The lowest BCUT2D eigenvalue weighted by Gasteiger charge is -2.29. The van der Waals surface area contributed by atoms with Gasteiger partial charge in [0.2, 0.25) is 11.9 Å². The van der Waals surface area contributed by atoms with E-state index in [1.807, 2.05) is 18.2 Å². The molecule has 1 spiro atoms. The van der Waals surface area contributed by atoms with Crippen molar-refractivity contribution in [1.29, 1.82) is 0 Å². The lowest BCUT2D eigenvalue weighted by molar-refractivity contribution is -0.118. The van der Waals surface area contributed by atoms with Crippen LogP contribution < -0.4 is 5.32 Å². The molecule has 3 aliphatic carbocycles. The van der Waals surface area contributed by atoms with E-state index in [4.69, 9.17) is 4.98 Å². The summed E-state index contributed by atoms with van der Waals surface area (Å²) in [5.74, 6) is 1.00. The smallest absolute Gasteiger partial charge is 0.230 e. The van der Waals surface area contributed by atoms with Crippen LogP contribution in [0.4, 0.5) is 5.95 Å². The molecule has 0 bridgehead atoms. The van der Waals surface area contributed by atoms with Crippen LogP contribution in [0.15, 0.2) is 18.2 Å².